The second-order valence-electron chi connectivity index (χ2n) is 5.54. The molecule has 1 aliphatic carbocycles. The molecular formula is C12H22N4O2S. The molecule has 0 saturated heterocycles. The molecule has 1 aromatic rings. The van der Waals surface area contributed by atoms with E-state index in [0.717, 1.165) is 25.8 Å². The molecule has 6 nitrogen and oxygen atoms in total. The highest BCUT2D eigenvalue weighted by Gasteiger charge is 2.38. The van der Waals surface area contributed by atoms with Gasteiger partial charge in [-0.3, -0.25) is 5.10 Å². The summed E-state index contributed by atoms with van der Waals surface area (Å²) in [7, 11) is -3.49. The molecule has 0 radical (unpaired) electrons. The van der Waals surface area contributed by atoms with Crippen molar-refractivity contribution in [2.75, 3.05) is 13.1 Å². The van der Waals surface area contributed by atoms with Crippen molar-refractivity contribution >= 4 is 10.0 Å². The van der Waals surface area contributed by atoms with Gasteiger partial charge < -0.3 is 5.32 Å². The largest absolute Gasteiger partial charge is 0.313 e. The summed E-state index contributed by atoms with van der Waals surface area (Å²) in [5.41, 5.74) is 0.829. The molecule has 0 aliphatic heterocycles. The zero-order valence-corrected chi connectivity index (χ0v) is 12.3. The minimum Gasteiger partial charge on any atom is -0.313 e. The lowest BCUT2D eigenvalue weighted by Crippen LogP contribution is -2.30. The molecule has 3 N–H and O–H groups in total. The van der Waals surface area contributed by atoms with Gasteiger partial charge in [0.15, 0.2) is 5.03 Å². The first-order valence-electron chi connectivity index (χ1n) is 6.69. The molecule has 0 amide bonds. The van der Waals surface area contributed by atoms with Crippen molar-refractivity contribution in [3.05, 3.63) is 11.8 Å². The molecule has 108 valence electrons. The van der Waals surface area contributed by atoms with E-state index in [4.69, 9.17) is 0 Å². The first kappa shape index (κ1) is 14.5. The van der Waals surface area contributed by atoms with E-state index in [0.29, 0.717) is 18.7 Å². The van der Waals surface area contributed by atoms with Crippen molar-refractivity contribution in [1.29, 1.82) is 0 Å². The third-order valence-corrected chi connectivity index (χ3v) is 4.90. The quantitative estimate of drug-likeness (QED) is 0.622. The van der Waals surface area contributed by atoms with Gasteiger partial charge in [-0.2, -0.15) is 5.10 Å². The highest BCUT2D eigenvalue weighted by atomic mass is 32.2. The molecule has 0 atom stereocenters. The van der Waals surface area contributed by atoms with E-state index in [1.807, 2.05) is 0 Å². The van der Waals surface area contributed by atoms with Crippen molar-refractivity contribution in [3.63, 3.8) is 0 Å². The van der Waals surface area contributed by atoms with Crippen LogP contribution >= 0.6 is 0 Å². The molecule has 0 unspecified atom stereocenters. The fourth-order valence-electron chi connectivity index (χ4n) is 1.79. The molecule has 0 spiro atoms. The van der Waals surface area contributed by atoms with E-state index >= 15 is 0 Å². The maximum Gasteiger partial charge on any atom is 0.257 e. The van der Waals surface area contributed by atoms with Gasteiger partial charge in [-0.25, -0.2) is 13.1 Å². The van der Waals surface area contributed by atoms with Crippen molar-refractivity contribution in [2.24, 2.45) is 5.41 Å². The summed E-state index contributed by atoms with van der Waals surface area (Å²) in [4.78, 5) is 0. The Morgan fingerprint density at radius 1 is 1.47 bits per heavy atom. The molecule has 0 bridgehead atoms. The maximum atomic E-state index is 12.2. The zero-order chi connectivity index (χ0) is 13.9. The van der Waals surface area contributed by atoms with Gasteiger partial charge >= 0.3 is 0 Å². The standard InChI is InChI=1S/C12H22N4O2S/c1-3-6-13-7-10-8-14-16-11(10)19(17,18)15-9-12(2)4-5-12/h8,13,15H,3-7,9H2,1-2H3,(H,14,16). The van der Waals surface area contributed by atoms with Gasteiger partial charge in [-0.1, -0.05) is 13.8 Å². The van der Waals surface area contributed by atoms with Crippen LogP contribution in [-0.2, 0) is 16.6 Å². The van der Waals surface area contributed by atoms with E-state index in [1.165, 1.54) is 0 Å². The second-order valence-corrected chi connectivity index (χ2v) is 7.24. The Morgan fingerprint density at radius 3 is 2.84 bits per heavy atom. The van der Waals surface area contributed by atoms with Crippen LogP contribution in [0.15, 0.2) is 11.2 Å². The molecule has 2 rings (SSSR count). The minimum atomic E-state index is -3.49. The third kappa shape index (κ3) is 3.77. The van der Waals surface area contributed by atoms with Crippen LogP contribution in [0.1, 0.15) is 38.7 Å². The molecule has 19 heavy (non-hydrogen) atoms. The number of nitrogens with zero attached hydrogens (tertiary/aromatic N) is 1. The Labute approximate surface area is 114 Å². The van der Waals surface area contributed by atoms with Crippen molar-refractivity contribution in [1.82, 2.24) is 20.2 Å². The first-order chi connectivity index (χ1) is 8.97. The molecule has 1 fully saturated rings. The van der Waals surface area contributed by atoms with Gasteiger partial charge in [-0.05, 0) is 31.2 Å². The van der Waals surface area contributed by atoms with Gasteiger partial charge in [0.1, 0.15) is 0 Å². The molecule has 7 heteroatoms. The smallest absolute Gasteiger partial charge is 0.257 e. The van der Waals surface area contributed by atoms with Gasteiger partial charge in [0, 0.05) is 18.7 Å². The Balaban J connectivity index is 2.00. The molecule has 1 aromatic heterocycles. The van der Waals surface area contributed by atoms with Crippen molar-refractivity contribution < 1.29 is 8.42 Å². The summed E-state index contributed by atoms with van der Waals surface area (Å²) < 4.78 is 27.1. The average Bonchev–Trinajstić information content (AvgIpc) is 2.91. The summed E-state index contributed by atoms with van der Waals surface area (Å²) in [6.45, 7) is 6.02. The van der Waals surface area contributed by atoms with E-state index in [9.17, 15) is 8.42 Å². The van der Waals surface area contributed by atoms with Gasteiger partial charge in [0.25, 0.3) is 10.0 Å². The van der Waals surface area contributed by atoms with E-state index in [-0.39, 0.29) is 10.4 Å². The Hall–Kier alpha value is -0.920. The Bertz CT molecular complexity index is 520. The number of nitrogens with one attached hydrogen (secondary N) is 3. The normalized spacial score (nSPS) is 17.6. The number of rotatable bonds is 8. The Morgan fingerprint density at radius 2 is 2.21 bits per heavy atom. The van der Waals surface area contributed by atoms with E-state index < -0.39 is 10.0 Å². The summed E-state index contributed by atoms with van der Waals surface area (Å²) in [6.07, 6.45) is 4.75. The topological polar surface area (TPSA) is 86.9 Å². The van der Waals surface area contributed by atoms with Gasteiger partial charge in [-0.15, -0.1) is 0 Å². The molecule has 0 aromatic carbocycles. The molecular weight excluding hydrogens is 264 g/mol. The van der Waals surface area contributed by atoms with Crippen LogP contribution in [-0.4, -0.2) is 31.7 Å². The summed E-state index contributed by atoms with van der Waals surface area (Å²) in [6, 6.07) is 0. The summed E-state index contributed by atoms with van der Waals surface area (Å²) >= 11 is 0. The monoisotopic (exact) mass is 286 g/mol. The van der Waals surface area contributed by atoms with Crippen LogP contribution in [0.4, 0.5) is 0 Å². The fourth-order valence-corrected chi connectivity index (χ4v) is 3.12. The number of hydrogen-bond donors (Lipinski definition) is 3. The van der Waals surface area contributed by atoms with Gasteiger partial charge in [0.2, 0.25) is 0 Å². The van der Waals surface area contributed by atoms with Crippen LogP contribution in [0.3, 0.4) is 0 Å². The van der Waals surface area contributed by atoms with E-state index in [1.54, 1.807) is 6.20 Å². The lowest BCUT2D eigenvalue weighted by molar-refractivity contribution is 0.527. The lowest BCUT2D eigenvalue weighted by Gasteiger charge is -2.11. The first-order valence-corrected chi connectivity index (χ1v) is 8.18. The maximum absolute atomic E-state index is 12.2. The second kappa shape index (κ2) is 5.60. The lowest BCUT2D eigenvalue weighted by atomic mass is 10.2. The van der Waals surface area contributed by atoms with Crippen molar-refractivity contribution in [2.45, 2.75) is 44.7 Å². The van der Waals surface area contributed by atoms with Gasteiger partial charge in [0.05, 0.1) is 6.20 Å². The van der Waals surface area contributed by atoms with Crippen LogP contribution in [0, 0.1) is 5.41 Å². The summed E-state index contributed by atoms with van der Waals surface area (Å²) in [5, 5.41) is 9.80. The van der Waals surface area contributed by atoms with Crippen LogP contribution < -0.4 is 10.0 Å². The number of hydrogen-bond acceptors (Lipinski definition) is 4. The highest BCUT2D eigenvalue weighted by molar-refractivity contribution is 7.89. The van der Waals surface area contributed by atoms with Crippen LogP contribution in [0.5, 0.6) is 0 Å². The fraction of sp³-hybridized carbons (Fsp3) is 0.750. The zero-order valence-electron chi connectivity index (χ0n) is 11.5. The van der Waals surface area contributed by atoms with Crippen molar-refractivity contribution in [3.8, 4) is 0 Å². The van der Waals surface area contributed by atoms with Crippen LogP contribution in [0.2, 0.25) is 0 Å². The average molecular weight is 286 g/mol. The number of H-pyrrole nitrogens is 1. The third-order valence-electron chi connectivity index (χ3n) is 3.48. The number of sulfonamides is 1. The molecule has 1 heterocycles. The number of aromatic amines is 1. The predicted octanol–water partition coefficient (Wildman–Crippen LogP) is 0.988. The Kier molecular flexibility index (Phi) is 4.27. The molecule has 1 saturated carbocycles. The summed E-state index contributed by atoms with van der Waals surface area (Å²) in [5.74, 6) is 0. The number of aromatic nitrogens is 2. The molecule has 1 aliphatic rings. The van der Waals surface area contributed by atoms with E-state index in [2.05, 4.69) is 34.1 Å². The predicted molar refractivity (Wildman–Crippen MR) is 73.1 cm³/mol. The SMILES string of the molecule is CCCNCc1cn[nH]c1S(=O)(=O)NCC1(C)CC1. The highest BCUT2D eigenvalue weighted by Crippen LogP contribution is 2.44. The minimum absolute atomic E-state index is 0.147. The van der Waals surface area contributed by atoms with Crippen LogP contribution in [0.25, 0.3) is 0 Å².